The highest BCUT2D eigenvalue weighted by molar-refractivity contribution is 8.69. The van der Waals surface area contributed by atoms with E-state index in [0.29, 0.717) is 4.90 Å². The van der Waals surface area contributed by atoms with E-state index in [1.54, 1.807) is 6.20 Å². The van der Waals surface area contributed by atoms with Crippen molar-refractivity contribution in [2.45, 2.75) is 9.79 Å². The van der Waals surface area contributed by atoms with Gasteiger partial charge in [-0.25, -0.2) is 4.21 Å². The first-order valence-electron chi connectivity index (χ1n) is 5.70. The Balaban J connectivity index is 1.98. The van der Waals surface area contributed by atoms with Gasteiger partial charge in [0.05, 0.1) is 16.6 Å². The van der Waals surface area contributed by atoms with Crippen LogP contribution in [0.5, 0.6) is 0 Å². The van der Waals surface area contributed by atoms with Crippen LogP contribution in [0.1, 0.15) is 0 Å². The van der Waals surface area contributed by atoms with Crippen molar-refractivity contribution in [1.29, 1.82) is 0 Å². The molecular formula is C14H10N2OS2. The van der Waals surface area contributed by atoms with E-state index in [2.05, 4.69) is 10.2 Å². The molecule has 0 amide bonds. The zero-order chi connectivity index (χ0) is 13.1. The smallest absolute Gasteiger partial charge is 0.120 e. The van der Waals surface area contributed by atoms with E-state index in [9.17, 15) is 4.21 Å². The Hall–Kier alpha value is -1.72. The molecule has 5 heteroatoms. The van der Waals surface area contributed by atoms with E-state index in [0.717, 1.165) is 15.8 Å². The molecule has 0 bridgehead atoms. The monoisotopic (exact) mass is 286 g/mol. The van der Waals surface area contributed by atoms with Gasteiger partial charge in [0.1, 0.15) is 9.83 Å². The number of hydrogen-bond donors (Lipinski definition) is 0. The summed E-state index contributed by atoms with van der Waals surface area (Å²) in [5, 5.41) is 8.84. The van der Waals surface area contributed by atoms with Crippen molar-refractivity contribution < 1.29 is 4.21 Å². The summed E-state index contributed by atoms with van der Waals surface area (Å²) in [6.45, 7) is 0. The summed E-state index contributed by atoms with van der Waals surface area (Å²) in [5.41, 5.74) is 0.766. The van der Waals surface area contributed by atoms with E-state index in [1.165, 1.54) is 10.8 Å². The molecule has 0 aliphatic rings. The van der Waals surface area contributed by atoms with Gasteiger partial charge >= 0.3 is 0 Å². The van der Waals surface area contributed by atoms with Gasteiger partial charge in [0.2, 0.25) is 0 Å². The number of benzene rings is 2. The maximum Gasteiger partial charge on any atom is 0.120 e. The third kappa shape index (κ3) is 2.67. The van der Waals surface area contributed by atoms with E-state index in [-0.39, 0.29) is 0 Å². The molecule has 1 unspecified atom stereocenters. The molecule has 94 valence electrons. The van der Waals surface area contributed by atoms with Crippen molar-refractivity contribution in [2.24, 2.45) is 0 Å². The first kappa shape index (κ1) is 12.3. The first-order chi connectivity index (χ1) is 9.34. The van der Waals surface area contributed by atoms with Crippen molar-refractivity contribution in [3.8, 4) is 0 Å². The Bertz CT molecular complexity index is 726. The number of hydrogen-bond acceptors (Lipinski definition) is 4. The Morgan fingerprint density at radius 3 is 2.53 bits per heavy atom. The Labute approximate surface area is 116 Å². The van der Waals surface area contributed by atoms with Crippen LogP contribution in [0.4, 0.5) is 0 Å². The average Bonchev–Trinajstić information content (AvgIpc) is 2.47. The van der Waals surface area contributed by atoms with Crippen LogP contribution in [0.15, 0.2) is 70.6 Å². The molecule has 19 heavy (non-hydrogen) atoms. The van der Waals surface area contributed by atoms with Crippen LogP contribution in [0.2, 0.25) is 0 Å². The van der Waals surface area contributed by atoms with Crippen LogP contribution >= 0.6 is 10.8 Å². The average molecular weight is 286 g/mol. The topological polar surface area (TPSA) is 42.9 Å². The maximum atomic E-state index is 12.4. The molecule has 1 aromatic heterocycles. The predicted molar refractivity (Wildman–Crippen MR) is 78.2 cm³/mol. The fourth-order valence-electron chi connectivity index (χ4n) is 1.72. The molecule has 1 atom stereocenters. The number of nitrogens with zero attached hydrogens (tertiary/aromatic N) is 2. The minimum absolute atomic E-state index is 0.708. The van der Waals surface area contributed by atoms with Crippen molar-refractivity contribution >= 4 is 31.5 Å². The minimum Gasteiger partial charge on any atom is -0.242 e. The fraction of sp³-hybridized carbons (Fsp3) is 0. The molecular weight excluding hydrogens is 276 g/mol. The number of aromatic nitrogens is 2. The Morgan fingerprint density at radius 1 is 0.947 bits per heavy atom. The highest BCUT2D eigenvalue weighted by Gasteiger charge is 2.11. The van der Waals surface area contributed by atoms with E-state index in [4.69, 9.17) is 0 Å². The van der Waals surface area contributed by atoms with Crippen LogP contribution in [0.25, 0.3) is 10.9 Å². The molecule has 3 aromatic rings. The second-order valence-electron chi connectivity index (χ2n) is 3.86. The molecule has 0 saturated carbocycles. The van der Waals surface area contributed by atoms with Gasteiger partial charge in [-0.05, 0) is 29.0 Å². The largest absolute Gasteiger partial charge is 0.242 e. The van der Waals surface area contributed by atoms with Gasteiger partial charge in [0, 0.05) is 10.3 Å². The van der Waals surface area contributed by atoms with Crippen molar-refractivity contribution in [3.05, 3.63) is 60.8 Å². The number of rotatable bonds is 3. The normalized spacial score (nSPS) is 12.4. The van der Waals surface area contributed by atoms with Crippen molar-refractivity contribution in [2.75, 3.05) is 0 Å². The van der Waals surface area contributed by atoms with Gasteiger partial charge in [-0.1, -0.05) is 36.4 Å². The summed E-state index contributed by atoms with van der Waals surface area (Å²) in [5.74, 6) is 0. The van der Waals surface area contributed by atoms with Gasteiger partial charge in [-0.3, -0.25) is 0 Å². The molecule has 0 saturated heterocycles. The molecule has 0 radical (unpaired) electrons. The Morgan fingerprint density at radius 2 is 1.68 bits per heavy atom. The minimum atomic E-state index is -1.19. The van der Waals surface area contributed by atoms with E-state index in [1.807, 2.05) is 54.6 Å². The number of fused-ring (bicyclic) bond motifs is 1. The Kier molecular flexibility index (Phi) is 3.57. The third-order valence-electron chi connectivity index (χ3n) is 2.60. The summed E-state index contributed by atoms with van der Waals surface area (Å²) < 4.78 is 12.4. The lowest BCUT2D eigenvalue weighted by Crippen LogP contribution is -1.92. The standard InChI is InChI=1S/C14H10N2OS2/c17-19(18-11-6-2-1-3-7-11)14-10-15-16-13-9-5-4-8-12(13)14/h1-10H. The molecule has 0 aliphatic carbocycles. The van der Waals surface area contributed by atoms with E-state index < -0.39 is 9.83 Å². The summed E-state index contributed by atoms with van der Waals surface area (Å²) in [4.78, 5) is 1.68. The second-order valence-corrected chi connectivity index (χ2v) is 6.81. The summed E-state index contributed by atoms with van der Waals surface area (Å²) in [7, 11) is 0.121. The first-order valence-corrected chi connectivity index (χ1v) is 8.18. The van der Waals surface area contributed by atoms with Crippen LogP contribution in [-0.4, -0.2) is 14.4 Å². The lowest BCUT2D eigenvalue weighted by Gasteiger charge is -2.04. The van der Waals surface area contributed by atoms with Crippen LogP contribution in [0, 0.1) is 0 Å². The predicted octanol–water partition coefficient (Wildman–Crippen LogP) is 3.44. The van der Waals surface area contributed by atoms with Crippen molar-refractivity contribution in [1.82, 2.24) is 10.2 Å². The zero-order valence-electron chi connectivity index (χ0n) is 9.89. The lowest BCUT2D eigenvalue weighted by molar-refractivity contribution is 0.691. The van der Waals surface area contributed by atoms with E-state index >= 15 is 0 Å². The molecule has 0 N–H and O–H groups in total. The van der Waals surface area contributed by atoms with Crippen LogP contribution in [0.3, 0.4) is 0 Å². The fourth-order valence-corrected chi connectivity index (χ4v) is 4.27. The SMILES string of the molecule is O=S(Sc1ccccc1)c1cnnc2ccccc12. The highest BCUT2D eigenvalue weighted by Crippen LogP contribution is 2.29. The van der Waals surface area contributed by atoms with Crippen LogP contribution in [-0.2, 0) is 9.83 Å². The van der Waals surface area contributed by atoms with Crippen molar-refractivity contribution in [3.63, 3.8) is 0 Å². The van der Waals surface area contributed by atoms with Crippen LogP contribution < -0.4 is 0 Å². The molecule has 0 aliphatic heterocycles. The third-order valence-corrected chi connectivity index (χ3v) is 5.48. The quantitative estimate of drug-likeness (QED) is 0.692. The summed E-state index contributed by atoms with van der Waals surface area (Å²) >= 11 is 0. The van der Waals surface area contributed by atoms with Gasteiger partial charge in [-0.15, -0.1) is 0 Å². The van der Waals surface area contributed by atoms with Gasteiger partial charge < -0.3 is 0 Å². The molecule has 2 aromatic carbocycles. The highest BCUT2D eigenvalue weighted by atomic mass is 33.1. The molecule has 0 fully saturated rings. The molecule has 3 rings (SSSR count). The molecule has 1 heterocycles. The summed E-state index contributed by atoms with van der Waals surface area (Å²) in [6.07, 6.45) is 1.58. The molecule has 3 nitrogen and oxygen atoms in total. The lowest BCUT2D eigenvalue weighted by atomic mass is 10.2. The van der Waals surface area contributed by atoms with Gasteiger partial charge in [0.15, 0.2) is 0 Å². The molecule has 0 spiro atoms. The zero-order valence-corrected chi connectivity index (χ0v) is 11.5. The van der Waals surface area contributed by atoms with Gasteiger partial charge in [-0.2, -0.15) is 10.2 Å². The second kappa shape index (κ2) is 5.50. The summed E-state index contributed by atoms with van der Waals surface area (Å²) in [6, 6.07) is 17.3. The van der Waals surface area contributed by atoms with Gasteiger partial charge in [0.25, 0.3) is 0 Å². The maximum absolute atomic E-state index is 12.4.